The molecule has 1 amide bonds. The number of amides is 1. The Morgan fingerprint density at radius 1 is 1.35 bits per heavy atom. The van der Waals surface area contributed by atoms with Crippen molar-refractivity contribution >= 4 is 11.9 Å². The van der Waals surface area contributed by atoms with E-state index in [0.29, 0.717) is 12.3 Å². The summed E-state index contributed by atoms with van der Waals surface area (Å²) in [6.07, 6.45) is 4.21. The van der Waals surface area contributed by atoms with Gasteiger partial charge in [0, 0.05) is 6.04 Å². The molecule has 0 aromatic heterocycles. The number of carboxylic acid groups (broad SMARTS) is 1. The molecule has 1 aliphatic carbocycles. The topological polar surface area (TPSA) is 66.4 Å². The minimum atomic E-state index is -1.28. The molecule has 1 unspecified atom stereocenters. The summed E-state index contributed by atoms with van der Waals surface area (Å²) in [6, 6.07) is 0.211. The number of aliphatic carboxylic acids is 1. The second kappa shape index (κ2) is 5.52. The second-order valence-electron chi connectivity index (χ2n) is 5.27. The molecule has 17 heavy (non-hydrogen) atoms. The predicted octanol–water partition coefficient (Wildman–Crippen LogP) is 2.18. The van der Waals surface area contributed by atoms with Gasteiger partial charge in [-0.2, -0.15) is 0 Å². The standard InChI is InChI=1S/C13H23NO3/c1-4-9(5-2)8-13(3,12(16)17)11(15)14-10-6-7-10/h9-10H,4-8H2,1-3H3,(H,14,15)(H,16,17). The molecule has 0 spiro atoms. The van der Waals surface area contributed by atoms with Crippen LogP contribution in [-0.4, -0.2) is 23.0 Å². The van der Waals surface area contributed by atoms with Crippen LogP contribution in [0.4, 0.5) is 0 Å². The van der Waals surface area contributed by atoms with Gasteiger partial charge in [-0.25, -0.2) is 0 Å². The Hall–Kier alpha value is -1.06. The number of carbonyl (C=O) groups is 2. The molecular formula is C13H23NO3. The Morgan fingerprint density at radius 2 is 1.88 bits per heavy atom. The lowest BCUT2D eigenvalue weighted by Gasteiger charge is -2.27. The molecule has 0 aromatic rings. The van der Waals surface area contributed by atoms with Gasteiger partial charge in [0.25, 0.3) is 0 Å². The summed E-state index contributed by atoms with van der Waals surface area (Å²) in [6.45, 7) is 5.62. The van der Waals surface area contributed by atoms with Crippen molar-refractivity contribution in [3.63, 3.8) is 0 Å². The van der Waals surface area contributed by atoms with Crippen molar-refractivity contribution in [3.8, 4) is 0 Å². The molecule has 1 fully saturated rings. The van der Waals surface area contributed by atoms with Crippen LogP contribution in [0.2, 0.25) is 0 Å². The van der Waals surface area contributed by atoms with Crippen LogP contribution in [-0.2, 0) is 9.59 Å². The van der Waals surface area contributed by atoms with E-state index in [0.717, 1.165) is 25.7 Å². The van der Waals surface area contributed by atoms with Gasteiger partial charge in [-0.05, 0) is 32.1 Å². The summed E-state index contributed by atoms with van der Waals surface area (Å²) in [7, 11) is 0. The fraction of sp³-hybridized carbons (Fsp3) is 0.846. The largest absolute Gasteiger partial charge is 0.480 e. The average molecular weight is 241 g/mol. The van der Waals surface area contributed by atoms with Crippen molar-refractivity contribution in [2.45, 2.75) is 58.9 Å². The van der Waals surface area contributed by atoms with Gasteiger partial charge >= 0.3 is 5.97 Å². The van der Waals surface area contributed by atoms with Gasteiger partial charge in [0.2, 0.25) is 5.91 Å². The van der Waals surface area contributed by atoms with Crippen molar-refractivity contribution in [3.05, 3.63) is 0 Å². The number of carbonyl (C=O) groups excluding carboxylic acids is 1. The molecule has 1 atom stereocenters. The highest BCUT2D eigenvalue weighted by Crippen LogP contribution is 2.31. The van der Waals surface area contributed by atoms with Crippen LogP contribution in [0, 0.1) is 11.3 Å². The van der Waals surface area contributed by atoms with E-state index in [1.165, 1.54) is 0 Å². The number of carboxylic acids is 1. The molecule has 1 aliphatic rings. The van der Waals surface area contributed by atoms with Gasteiger partial charge in [0.1, 0.15) is 5.41 Å². The van der Waals surface area contributed by atoms with Crippen LogP contribution >= 0.6 is 0 Å². The third-order valence-electron chi connectivity index (χ3n) is 3.74. The lowest BCUT2D eigenvalue weighted by Crippen LogP contribution is -2.46. The zero-order chi connectivity index (χ0) is 13.1. The van der Waals surface area contributed by atoms with E-state index in [9.17, 15) is 14.7 Å². The molecule has 98 valence electrons. The molecule has 1 rings (SSSR count). The number of nitrogens with one attached hydrogen (secondary N) is 1. The molecule has 4 nitrogen and oxygen atoms in total. The lowest BCUT2D eigenvalue weighted by atomic mass is 9.78. The summed E-state index contributed by atoms with van der Waals surface area (Å²) >= 11 is 0. The number of hydrogen-bond acceptors (Lipinski definition) is 2. The molecule has 0 saturated heterocycles. The Balaban J connectivity index is 2.71. The normalized spacial score (nSPS) is 18.8. The van der Waals surface area contributed by atoms with Crippen molar-refractivity contribution in [1.29, 1.82) is 0 Å². The SMILES string of the molecule is CCC(CC)CC(C)(C(=O)O)C(=O)NC1CC1. The van der Waals surface area contributed by atoms with Crippen LogP contribution in [0.25, 0.3) is 0 Å². The molecule has 0 bridgehead atoms. The van der Waals surface area contributed by atoms with E-state index in [1.807, 2.05) is 13.8 Å². The fourth-order valence-corrected chi connectivity index (χ4v) is 2.00. The summed E-state index contributed by atoms with van der Waals surface area (Å²) in [5.74, 6) is -1.04. The molecule has 2 N–H and O–H groups in total. The van der Waals surface area contributed by atoms with Crippen molar-refractivity contribution in [2.75, 3.05) is 0 Å². The first-order valence-electron chi connectivity index (χ1n) is 6.48. The van der Waals surface area contributed by atoms with E-state index in [-0.39, 0.29) is 11.9 Å². The zero-order valence-electron chi connectivity index (χ0n) is 11.0. The first-order chi connectivity index (χ1) is 7.93. The van der Waals surface area contributed by atoms with E-state index in [2.05, 4.69) is 5.32 Å². The highest BCUT2D eigenvalue weighted by atomic mass is 16.4. The third-order valence-corrected chi connectivity index (χ3v) is 3.74. The van der Waals surface area contributed by atoms with E-state index in [1.54, 1.807) is 6.92 Å². The highest BCUT2D eigenvalue weighted by Gasteiger charge is 2.44. The maximum absolute atomic E-state index is 12.0. The van der Waals surface area contributed by atoms with Gasteiger partial charge in [-0.1, -0.05) is 26.7 Å². The molecule has 4 heteroatoms. The Morgan fingerprint density at radius 3 is 2.24 bits per heavy atom. The monoisotopic (exact) mass is 241 g/mol. The zero-order valence-corrected chi connectivity index (χ0v) is 11.0. The number of rotatable bonds is 7. The molecule has 0 aromatic carbocycles. The molecule has 0 heterocycles. The molecule has 0 radical (unpaired) electrons. The first kappa shape index (κ1) is 14.0. The smallest absolute Gasteiger partial charge is 0.318 e. The van der Waals surface area contributed by atoms with Crippen LogP contribution in [0.15, 0.2) is 0 Å². The summed E-state index contributed by atoms with van der Waals surface area (Å²) in [5.41, 5.74) is -1.28. The Labute approximate surface area is 103 Å². The maximum atomic E-state index is 12.0. The van der Waals surface area contributed by atoms with Gasteiger partial charge in [0.15, 0.2) is 0 Å². The van der Waals surface area contributed by atoms with E-state index in [4.69, 9.17) is 0 Å². The molecule has 1 saturated carbocycles. The van der Waals surface area contributed by atoms with Crippen molar-refractivity contribution < 1.29 is 14.7 Å². The summed E-state index contributed by atoms with van der Waals surface area (Å²) in [4.78, 5) is 23.4. The Kier molecular flexibility index (Phi) is 4.54. The van der Waals surface area contributed by atoms with Crippen LogP contribution < -0.4 is 5.32 Å². The van der Waals surface area contributed by atoms with E-state index < -0.39 is 11.4 Å². The Bertz CT molecular complexity index is 295. The van der Waals surface area contributed by atoms with Gasteiger partial charge in [-0.15, -0.1) is 0 Å². The van der Waals surface area contributed by atoms with Crippen molar-refractivity contribution in [2.24, 2.45) is 11.3 Å². The summed E-state index contributed by atoms with van der Waals surface area (Å²) < 4.78 is 0. The summed E-state index contributed by atoms with van der Waals surface area (Å²) in [5, 5.41) is 12.1. The molecule has 0 aliphatic heterocycles. The van der Waals surface area contributed by atoms with Gasteiger partial charge in [-0.3, -0.25) is 9.59 Å². The number of hydrogen-bond donors (Lipinski definition) is 2. The van der Waals surface area contributed by atoms with Gasteiger partial charge in [0.05, 0.1) is 0 Å². The maximum Gasteiger partial charge on any atom is 0.318 e. The van der Waals surface area contributed by atoms with Crippen LogP contribution in [0.3, 0.4) is 0 Å². The van der Waals surface area contributed by atoms with Crippen molar-refractivity contribution in [1.82, 2.24) is 5.32 Å². The average Bonchev–Trinajstić information content (AvgIpc) is 3.08. The lowest BCUT2D eigenvalue weighted by molar-refractivity contribution is -0.156. The minimum absolute atomic E-state index is 0.211. The van der Waals surface area contributed by atoms with Crippen LogP contribution in [0.1, 0.15) is 52.9 Å². The first-order valence-corrected chi connectivity index (χ1v) is 6.48. The van der Waals surface area contributed by atoms with Gasteiger partial charge < -0.3 is 10.4 Å². The highest BCUT2D eigenvalue weighted by molar-refractivity contribution is 6.01. The quantitative estimate of drug-likeness (QED) is 0.671. The predicted molar refractivity (Wildman–Crippen MR) is 65.6 cm³/mol. The van der Waals surface area contributed by atoms with E-state index >= 15 is 0 Å². The second-order valence-corrected chi connectivity index (χ2v) is 5.27. The fourth-order valence-electron chi connectivity index (χ4n) is 2.00. The third kappa shape index (κ3) is 3.45. The minimum Gasteiger partial charge on any atom is -0.480 e. The molecular weight excluding hydrogens is 218 g/mol. The van der Waals surface area contributed by atoms with Crippen LogP contribution in [0.5, 0.6) is 0 Å².